The van der Waals surface area contributed by atoms with Crippen LogP contribution in [0.4, 0.5) is 0 Å². The molecule has 5 aliphatic carbocycles. The van der Waals surface area contributed by atoms with Gasteiger partial charge >= 0.3 is 5.97 Å². The minimum atomic E-state index is -0.642. The predicted octanol–water partition coefficient (Wildman–Crippen LogP) is 9.02. The summed E-state index contributed by atoms with van der Waals surface area (Å²) in [5.41, 5.74) is 1.90. The molecule has 0 aromatic heterocycles. The molecule has 0 spiro atoms. The third-order valence-corrected chi connectivity index (χ3v) is 15.0. The molecule has 4 saturated carbocycles. The van der Waals surface area contributed by atoms with Crippen molar-refractivity contribution in [3.63, 3.8) is 0 Å². The van der Waals surface area contributed by atoms with Crippen LogP contribution in [-0.2, 0) is 9.59 Å². The maximum absolute atomic E-state index is 14.3. The summed E-state index contributed by atoms with van der Waals surface area (Å²) in [7, 11) is 4.83. The molecule has 0 aliphatic heterocycles. The predicted molar refractivity (Wildman–Crippen MR) is 181 cm³/mol. The zero-order valence-corrected chi connectivity index (χ0v) is 29.8. The first-order valence-corrected chi connectivity index (χ1v) is 17.5. The van der Waals surface area contributed by atoms with Crippen LogP contribution in [-0.4, -0.2) is 38.2 Å². The van der Waals surface area contributed by atoms with Gasteiger partial charge in [0.2, 0.25) is 5.75 Å². The Bertz CT molecular complexity index is 1480. The molecule has 252 valence electrons. The van der Waals surface area contributed by atoms with Gasteiger partial charge < -0.3 is 19.3 Å². The van der Waals surface area contributed by atoms with Gasteiger partial charge in [0.1, 0.15) is 0 Å². The fraction of sp³-hybridized carbons (Fsp3) is 0.700. The van der Waals surface area contributed by atoms with Crippen molar-refractivity contribution in [1.82, 2.24) is 0 Å². The average molecular weight is 633 g/mol. The van der Waals surface area contributed by atoms with Crippen LogP contribution >= 0.6 is 0 Å². The molecule has 4 fully saturated rings. The number of benzene rings is 1. The van der Waals surface area contributed by atoms with Gasteiger partial charge in [-0.15, -0.1) is 0 Å². The molecule has 1 N–H and O–H groups in total. The van der Waals surface area contributed by atoms with E-state index in [0.29, 0.717) is 35.0 Å². The van der Waals surface area contributed by atoms with E-state index in [-0.39, 0.29) is 33.9 Å². The highest BCUT2D eigenvalue weighted by atomic mass is 16.5. The maximum Gasteiger partial charge on any atom is 0.310 e. The SMILES string of the molecule is COc1cc(/C=C2\C[C@]3(C)[C@H]4CC=C5[C@@H]6[C@@H](C)[C@H](C)CC[C@]6(C(=O)O)CC[C@@]5(C)[C@]4(C)CC[C@H]3C(C)(C)C2=O)cc(OC)c1OC. The molecule has 6 heteroatoms. The maximum atomic E-state index is 14.3. The first-order chi connectivity index (χ1) is 21.6. The number of Topliss-reactive ketones (excluding diaryl/α,β-unsaturated/α-hetero) is 1. The monoisotopic (exact) mass is 632 g/mol. The highest BCUT2D eigenvalue weighted by Crippen LogP contribution is 2.75. The molecule has 0 radical (unpaired) electrons. The second kappa shape index (κ2) is 10.9. The highest BCUT2D eigenvalue weighted by molar-refractivity contribution is 6.04. The van der Waals surface area contributed by atoms with E-state index in [1.807, 2.05) is 12.1 Å². The van der Waals surface area contributed by atoms with Crippen LogP contribution in [0.2, 0.25) is 0 Å². The number of ketones is 1. The first kappa shape index (κ1) is 33.2. The first-order valence-electron chi connectivity index (χ1n) is 17.5. The lowest BCUT2D eigenvalue weighted by Crippen LogP contribution is -2.65. The Morgan fingerprint density at radius 3 is 2.13 bits per heavy atom. The Balaban J connectivity index is 1.45. The average Bonchev–Trinajstić information content (AvgIpc) is 3.01. The summed E-state index contributed by atoms with van der Waals surface area (Å²) in [6.45, 7) is 16.5. The number of methoxy groups -OCH3 is 3. The molecule has 9 atom stereocenters. The van der Waals surface area contributed by atoms with Crippen molar-refractivity contribution in [2.45, 2.75) is 99.8 Å². The molecular weight excluding hydrogens is 576 g/mol. The minimum absolute atomic E-state index is 0.0154. The van der Waals surface area contributed by atoms with Gasteiger partial charge in [-0.2, -0.15) is 0 Å². The summed E-state index contributed by atoms with van der Waals surface area (Å²) in [6.07, 6.45) is 11.8. The van der Waals surface area contributed by atoms with E-state index in [9.17, 15) is 14.7 Å². The third-order valence-electron chi connectivity index (χ3n) is 15.0. The molecule has 0 heterocycles. The molecule has 46 heavy (non-hydrogen) atoms. The van der Waals surface area contributed by atoms with E-state index in [1.54, 1.807) is 21.3 Å². The number of aliphatic carboxylic acids is 1. The Labute approximate surface area is 276 Å². The Kier molecular flexibility index (Phi) is 7.84. The summed E-state index contributed by atoms with van der Waals surface area (Å²) in [6, 6.07) is 3.85. The fourth-order valence-corrected chi connectivity index (χ4v) is 12.2. The van der Waals surface area contributed by atoms with E-state index < -0.39 is 16.8 Å². The molecule has 0 amide bonds. The van der Waals surface area contributed by atoms with Gasteiger partial charge in [0.25, 0.3) is 0 Å². The van der Waals surface area contributed by atoms with Crippen LogP contribution in [0.15, 0.2) is 29.4 Å². The summed E-state index contributed by atoms with van der Waals surface area (Å²) < 4.78 is 16.8. The van der Waals surface area contributed by atoms with Gasteiger partial charge in [-0.25, -0.2) is 0 Å². The van der Waals surface area contributed by atoms with Crippen molar-refractivity contribution in [3.05, 3.63) is 34.9 Å². The van der Waals surface area contributed by atoms with Gasteiger partial charge in [0.15, 0.2) is 17.3 Å². The third kappa shape index (κ3) is 4.26. The zero-order chi connectivity index (χ0) is 33.6. The molecule has 0 bridgehead atoms. The number of carbonyl (C=O) groups is 2. The van der Waals surface area contributed by atoms with E-state index in [2.05, 4.69) is 60.6 Å². The van der Waals surface area contributed by atoms with Gasteiger partial charge in [-0.05, 0) is 127 Å². The van der Waals surface area contributed by atoms with E-state index in [1.165, 1.54) is 5.57 Å². The molecule has 1 aromatic rings. The van der Waals surface area contributed by atoms with Crippen molar-refractivity contribution in [2.75, 3.05) is 21.3 Å². The molecule has 1 aromatic carbocycles. The van der Waals surface area contributed by atoms with Crippen LogP contribution in [0.3, 0.4) is 0 Å². The smallest absolute Gasteiger partial charge is 0.310 e. The second-order valence-electron chi connectivity index (χ2n) is 17.0. The van der Waals surface area contributed by atoms with Crippen molar-refractivity contribution < 1.29 is 28.9 Å². The van der Waals surface area contributed by atoms with Crippen molar-refractivity contribution in [2.24, 2.45) is 56.7 Å². The van der Waals surface area contributed by atoms with E-state index in [4.69, 9.17) is 14.2 Å². The van der Waals surface area contributed by atoms with E-state index in [0.717, 1.165) is 62.5 Å². The van der Waals surface area contributed by atoms with Crippen LogP contribution in [0.5, 0.6) is 17.2 Å². The number of rotatable bonds is 5. The number of allylic oxidation sites excluding steroid dienone is 3. The Morgan fingerprint density at radius 2 is 1.54 bits per heavy atom. The lowest BCUT2D eigenvalue weighted by Gasteiger charge is -2.70. The minimum Gasteiger partial charge on any atom is -0.493 e. The fourth-order valence-electron chi connectivity index (χ4n) is 12.2. The van der Waals surface area contributed by atoms with Crippen molar-refractivity contribution in [3.8, 4) is 17.2 Å². The topological polar surface area (TPSA) is 82.1 Å². The molecule has 6 rings (SSSR count). The summed E-state index contributed by atoms with van der Waals surface area (Å²) in [5.74, 6) is 2.96. The largest absolute Gasteiger partial charge is 0.493 e. The summed E-state index contributed by atoms with van der Waals surface area (Å²) in [5, 5.41) is 10.7. The summed E-state index contributed by atoms with van der Waals surface area (Å²) in [4.78, 5) is 27.4. The number of hydrogen-bond acceptors (Lipinski definition) is 5. The van der Waals surface area contributed by atoms with Crippen LogP contribution in [0.1, 0.15) is 105 Å². The van der Waals surface area contributed by atoms with Crippen molar-refractivity contribution >= 4 is 17.8 Å². The summed E-state index contributed by atoms with van der Waals surface area (Å²) >= 11 is 0. The molecule has 0 unspecified atom stereocenters. The lowest BCUT2D eigenvalue weighted by molar-refractivity contribution is -0.185. The quantitative estimate of drug-likeness (QED) is 0.258. The zero-order valence-electron chi connectivity index (χ0n) is 29.8. The van der Waals surface area contributed by atoms with Crippen molar-refractivity contribution in [1.29, 1.82) is 0 Å². The molecule has 5 aliphatic rings. The molecule has 0 saturated heterocycles. The second-order valence-corrected chi connectivity index (χ2v) is 17.0. The normalized spacial score (nSPS) is 42.1. The van der Waals surface area contributed by atoms with Gasteiger partial charge in [0.05, 0.1) is 26.7 Å². The molecular formula is C40H56O6. The number of carboxylic acids is 1. The number of hydrogen-bond donors (Lipinski definition) is 1. The van der Waals surface area contributed by atoms with E-state index >= 15 is 0 Å². The number of fused-ring (bicyclic) bond motifs is 7. The number of carboxylic acid groups (broad SMARTS) is 1. The van der Waals surface area contributed by atoms with Gasteiger partial charge in [0, 0.05) is 5.41 Å². The highest BCUT2D eigenvalue weighted by Gasteiger charge is 2.70. The van der Waals surface area contributed by atoms with Crippen LogP contribution in [0, 0.1) is 56.7 Å². The number of carbonyl (C=O) groups excluding carboxylic acids is 1. The number of ether oxygens (including phenoxy) is 3. The van der Waals surface area contributed by atoms with Gasteiger partial charge in [-0.1, -0.05) is 60.1 Å². The lowest BCUT2D eigenvalue weighted by atomic mass is 9.33. The van der Waals surface area contributed by atoms with Crippen LogP contribution < -0.4 is 14.2 Å². The Morgan fingerprint density at radius 1 is 0.891 bits per heavy atom. The van der Waals surface area contributed by atoms with Crippen LogP contribution in [0.25, 0.3) is 6.08 Å². The standard InChI is InChI=1S/C40H56O6/c1-23-13-16-40(35(42)43)18-17-38(6)27(32(40)24(23)2)11-12-31-37(5)22-26(34(41)36(3,4)30(37)14-15-39(31,38)7)19-25-20-28(44-8)33(46-10)29(21-25)45-9/h11,19-21,23-24,30-32H,12-18,22H2,1-10H3,(H,42,43)/b26-19+/t23-,24+,30+,31-,32+,37+,38-,39-,40+/m1/s1. The van der Waals surface area contributed by atoms with Gasteiger partial charge in [-0.3, -0.25) is 9.59 Å². The molecule has 6 nitrogen and oxygen atoms in total. The Hall–Kier alpha value is -2.76.